The molecule has 0 spiro atoms. The van der Waals surface area contributed by atoms with E-state index in [0.29, 0.717) is 6.42 Å². The van der Waals surface area contributed by atoms with Crippen LogP contribution in [-0.4, -0.2) is 103 Å². The molecule has 0 heterocycles. The minimum absolute atomic E-state index is 0. The predicted octanol–water partition coefficient (Wildman–Crippen LogP) is 4.38. The molecule has 1 aliphatic rings. The second-order valence-electron chi connectivity index (χ2n) is 12.2. The molecule has 1 rings (SSSR count). The first-order valence-electron chi connectivity index (χ1n) is 17.6. The number of hydrogen-bond donors (Lipinski definition) is 8. The maximum atomic E-state index is 12.8. The van der Waals surface area contributed by atoms with Gasteiger partial charge in [-0.3, -0.25) is 18.4 Å². The number of carbonyl (C=O) groups is 2. The Morgan fingerprint density at radius 3 is 1.58 bits per heavy atom. The summed E-state index contributed by atoms with van der Waals surface area (Å²) in [6.45, 7) is 0.557. The van der Waals surface area contributed by atoms with E-state index in [1.165, 1.54) is 44.9 Å². The van der Waals surface area contributed by atoms with E-state index in [9.17, 15) is 44.0 Å². The smallest absolute Gasteiger partial charge is 0.456 e. The van der Waals surface area contributed by atoms with E-state index in [2.05, 4.69) is 58.8 Å². The lowest BCUT2D eigenvalue weighted by atomic mass is 9.85. The van der Waals surface area contributed by atoms with Crippen LogP contribution in [0.25, 0.3) is 0 Å². The normalized spacial score (nSPS) is 21.7. The summed E-state index contributed by atoms with van der Waals surface area (Å²) in [5.41, 5.74) is 0. The van der Waals surface area contributed by atoms with Gasteiger partial charge in [-0.2, -0.15) is 0 Å². The summed E-state index contributed by atoms with van der Waals surface area (Å²) in [5, 5.41) is 41.1. The first kappa shape index (κ1) is 51.8. The van der Waals surface area contributed by atoms with Crippen molar-refractivity contribution in [2.45, 2.75) is 140 Å². The second-order valence-corrected chi connectivity index (χ2v) is 14.8. The van der Waals surface area contributed by atoms with Crippen molar-refractivity contribution in [3.05, 3.63) is 0 Å². The number of phosphoric ester groups is 2. The van der Waals surface area contributed by atoms with Crippen LogP contribution in [0.2, 0.25) is 0 Å². The van der Waals surface area contributed by atoms with Crippen LogP contribution in [0.4, 0.5) is 0 Å². The Morgan fingerprint density at radius 2 is 1.11 bits per heavy atom. The number of terminal acetylenes is 1. The Balaban J connectivity index is -0.000000364. The zero-order valence-corrected chi connectivity index (χ0v) is 32.6. The average Bonchev–Trinajstić information content (AvgIpc) is 3.11. The number of phosphoric acid groups is 2. The van der Waals surface area contributed by atoms with E-state index in [4.69, 9.17) is 34.7 Å². The number of aliphatic hydroxyl groups excluding tert-OH is 4. The third-order valence-corrected chi connectivity index (χ3v) is 9.28. The van der Waals surface area contributed by atoms with Crippen LogP contribution in [0.1, 0.15) is 110 Å². The fourth-order valence-electron chi connectivity index (χ4n) is 5.08. The highest BCUT2D eigenvalue weighted by atomic mass is 31.2. The van der Waals surface area contributed by atoms with Crippen molar-refractivity contribution < 1.29 is 89.7 Å². The fraction of sp³-hybridized carbons (Fsp3) is 0.667. The molecular formula is C36H71NO16P2. The van der Waals surface area contributed by atoms with E-state index < -0.39 is 83.5 Å². The van der Waals surface area contributed by atoms with E-state index in [1.54, 1.807) is 0 Å². The average molecular weight is 836 g/mol. The number of carbonyl (C=O) groups excluding carboxylic acids is 2. The lowest BCUT2D eigenvalue weighted by Gasteiger charge is -2.43. The molecule has 8 atom stereocenters. The number of ether oxygens (including phenoxy) is 2. The third-order valence-electron chi connectivity index (χ3n) is 7.78. The summed E-state index contributed by atoms with van der Waals surface area (Å²) < 4.78 is 48.1. The highest BCUT2D eigenvalue weighted by molar-refractivity contribution is 7.47. The topological polar surface area (TPSA) is 291 Å². The predicted molar refractivity (Wildman–Crippen MR) is 217 cm³/mol. The van der Waals surface area contributed by atoms with Crippen molar-refractivity contribution >= 4 is 27.6 Å². The van der Waals surface area contributed by atoms with Gasteiger partial charge in [-0.05, 0) is 53.8 Å². The van der Waals surface area contributed by atoms with Gasteiger partial charge in [0.15, 0.2) is 6.10 Å². The second kappa shape index (κ2) is 29.1. The Hall–Kier alpha value is -3.24. The Bertz CT molecular complexity index is 1590. The summed E-state index contributed by atoms with van der Waals surface area (Å²) in [4.78, 5) is 53.0. The van der Waals surface area contributed by atoms with Crippen LogP contribution in [0.3, 0.4) is 0 Å². The number of unbranched alkanes of at least 4 members (excludes halogenated alkanes) is 12. The molecule has 17 nitrogen and oxygen atoms in total. The van der Waals surface area contributed by atoms with Gasteiger partial charge in [0.2, 0.25) is 0 Å². The Labute approximate surface area is 336 Å². The molecule has 1 fully saturated rings. The molecule has 0 saturated heterocycles. The highest BCUT2D eigenvalue weighted by Gasteiger charge is 2.54. The summed E-state index contributed by atoms with van der Waals surface area (Å²) in [7, 11) is -10.7. The van der Waals surface area contributed by atoms with Gasteiger partial charge in [0.1, 0.15) is 43.2 Å². The van der Waals surface area contributed by atoms with Gasteiger partial charge in [0, 0.05) is 25.2 Å². The molecule has 326 valence electrons. The molecule has 10 N–H and O–H groups in total. The van der Waals surface area contributed by atoms with Crippen LogP contribution in [0, 0.1) is 59.7 Å². The number of esters is 2. The van der Waals surface area contributed by atoms with Gasteiger partial charge in [0.25, 0.3) is 0 Å². The van der Waals surface area contributed by atoms with Crippen molar-refractivity contribution in [3.8, 4) is 59.7 Å². The van der Waals surface area contributed by atoms with Crippen LogP contribution in [-0.2, 0) is 41.8 Å². The van der Waals surface area contributed by atoms with Gasteiger partial charge in [-0.15, -0.1) is 6.42 Å². The molecule has 1 saturated carbocycles. The quantitative estimate of drug-likeness (QED) is 0.0220. The van der Waals surface area contributed by atoms with Gasteiger partial charge in [0.05, 0.1) is 6.61 Å². The van der Waals surface area contributed by atoms with E-state index in [1.807, 2.05) is 5.92 Å². The monoisotopic (exact) mass is 835 g/mol. The van der Waals surface area contributed by atoms with Crippen LogP contribution >= 0.6 is 15.6 Å². The van der Waals surface area contributed by atoms with Crippen molar-refractivity contribution in [1.82, 2.24) is 6.15 Å². The molecule has 0 aromatic heterocycles. The summed E-state index contributed by atoms with van der Waals surface area (Å²) >= 11 is 0. The Morgan fingerprint density at radius 1 is 0.673 bits per heavy atom. The van der Waals surface area contributed by atoms with Crippen molar-refractivity contribution in [2.75, 3.05) is 13.2 Å². The number of rotatable bonds is 24. The van der Waals surface area contributed by atoms with Crippen LogP contribution in [0.15, 0.2) is 0 Å². The molecule has 55 heavy (non-hydrogen) atoms. The standard InChI is InChI=1S/C36H50O16P2.H3N.9H2/c1-3-5-7-9-11-13-14-15-16-17-19-21-23-25-30(38)50-28(26-48-29(37)24-22-20-18-12-10-8-6-4-2)27-49-54(46,47)52-36-33(41)31(39)35(32(40)34(36)42)51-53(43,44)45;;;;;;;;;;/h2,28,31-36,39-42H,3,5,7,9,11,13-17,19,21,23,25-27H2,1H3,(H,46,47)(H2,43,44,45);1H3;9*1H/t28-,31?,32?,33+,34?,35?,36?;;;;;;;;;;/m1........../s1. The first-order valence-corrected chi connectivity index (χ1v) is 20.6. The maximum absolute atomic E-state index is 12.8. The number of aliphatic hydroxyl groups is 4. The van der Waals surface area contributed by atoms with Crippen LogP contribution < -0.4 is 6.15 Å². The van der Waals surface area contributed by atoms with Gasteiger partial charge < -0.3 is 50.7 Å². The molecule has 0 aromatic rings. The molecule has 0 bridgehead atoms. The molecule has 0 aromatic carbocycles. The first-order chi connectivity index (χ1) is 25.6. The lowest BCUT2D eigenvalue weighted by Crippen LogP contribution is -2.64. The zero-order chi connectivity index (χ0) is 40.4. The van der Waals surface area contributed by atoms with Gasteiger partial charge >= 0.3 is 27.6 Å². The molecule has 0 aliphatic heterocycles. The number of hydrogen-bond acceptors (Lipinski definition) is 14. The molecule has 1 aliphatic carbocycles. The zero-order valence-electron chi connectivity index (χ0n) is 30.8. The molecular weight excluding hydrogens is 764 g/mol. The van der Waals surface area contributed by atoms with Crippen molar-refractivity contribution in [3.63, 3.8) is 0 Å². The van der Waals surface area contributed by atoms with E-state index >= 15 is 0 Å². The van der Waals surface area contributed by atoms with Crippen LogP contribution in [0.5, 0.6) is 0 Å². The van der Waals surface area contributed by atoms with Gasteiger partial charge in [-0.1, -0.05) is 84.0 Å². The summed E-state index contributed by atoms with van der Waals surface area (Å²) in [5.74, 6) is 18.2. The third kappa shape index (κ3) is 24.1. The fourth-order valence-corrected chi connectivity index (χ4v) is 6.62. The molecule has 19 heteroatoms. The van der Waals surface area contributed by atoms with E-state index in [-0.39, 0.29) is 25.4 Å². The Kier molecular flexibility index (Phi) is 27.4. The maximum Gasteiger partial charge on any atom is 0.472 e. The molecule has 0 amide bonds. The minimum Gasteiger partial charge on any atom is -0.456 e. The molecule has 6 unspecified atom stereocenters. The van der Waals surface area contributed by atoms with Gasteiger partial charge in [-0.25, -0.2) is 13.9 Å². The minimum atomic E-state index is -5.33. The largest absolute Gasteiger partial charge is 0.472 e. The highest BCUT2D eigenvalue weighted by Crippen LogP contribution is 2.48. The van der Waals surface area contributed by atoms with E-state index in [0.717, 1.165) is 32.1 Å². The van der Waals surface area contributed by atoms with Crippen molar-refractivity contribution in [1.29, 1.82) is 0 Å². The van der Waals surface area contributed by atoms with Crippen molar-refractivity contribution in [2.24, 2.45) is 0 Å². The summed E-state index contributed by atoms with van der Waals surface area (Å²) in [6, 6.07) is 0. The summed E-state index contributed by atoms with van der Waals surface area (Å²) in [6.07, 6.45) is 3.99. The SMILES string of the molecule is C#CC#CC#CC#CC#CC(=O)OC[C@H](COP(=O)(O)OC1C(O)C(O)C(OP(=O)(O)O)C(O)[C@@H]1O)OC(=O)CCCCCCCCCCCCCCC.N.[HH].[HH].[HH].[HH].[HH].[HH].[HH].[HH].[HH]. The molecule has 0 radical (unpaired) electrons. The lowest BCUT2D eigenvalue weighted by molar-refractivity contribution is -0.216.